The molecule has 1 N–H and O–H groups in total. The first-order chi connectivity index (χ1) is 9.20. The molecule has 0 bridgehead atoms. The number of rotatable bonds is 2. The third-order valence-electron chi connectivity index (χ3n) is 2.97. The van der Waals surface area contributed by atoms with Crippen molar-refractivity contribution < 1.29 is 9.50 Å². The van der Waals surface area contributed by atoms with Crippen molar-refractivity contribution in [3.63, 3.8) is 0 Å². The molecule has 0 amide bonds. The first-order valence-electron chi connectivity index (χ1n) is 5.73. The van der Waals surface area contributed by atoms with Gasteiger partial charge in [-0.15, -0.1) is 0 Å². The highest BCUT2D eigenvalue weighted by molar-refractivity contribution is 6.33. The standard InChI is InChI=1S/C14H10ClFN2O/c15-11-2-1-7-18-12(8-19)13(17-14(11)18)9-3-5-10(16)6-4-9/h1-7,19H,8H2. The fourth-order valence-electron chi connectivity index (χ4n) is 2.07. The zero-order valence-corrected chi connectivity index (χ0v) is 10.6. The SMILES string of the molecule is OCc1c(-c2ccc(F)cc2)nc2c(Cl)cccn12. The van der Waals surface area contributed by atoms with Crippen LogP contribution in [0, 0.1) is 5.82 Å². The van der Waals surface area contributed by atoms with Gasteiger partial charge in [-0.25, -0.2) is 9.37 Å². The van der Waals surface area contributed by atoms with Gasteiger partial charge in [-0.05, 0) is 36.4 Å². The van der Waals surface area contributed by atoms with Gasteiger partial charge in [-0.2, -0.15) is 0 Å². The minimum Gasteiger partial charge on any atom is -0.390 e. The molecule has 5 heteroatoms. The largest absolute Gasteiger partial charge is 0.390 e. The van der Waals surface area contributed by atoms with Crippen LogP contribution < -0.4 is 0 Å². The molecule has 0 aliphatic carbocycles. The molecule has 0 saturated heterocycles. The molecule has 0 atom stereocenters. The number of pyridine rings is 1. The van der Waals surface area contributed by atoms with E-state index in [1.54, 1.807) is 34.9 Å². The minimum absolute atomic E-state index is 0.172. The molecule has 0 aliphatic heterocycles. The average molecular weight is 277 g/mol. The number of benzene rings is 1. The van der Waals surface area contributed by atoms with Crippen molar-refractivity contribution in [1.29, 1.82) is 0 Å². The van der Waals surface area contributed by atoms with Gasteiger partial charge in [0.1, 0.15) is 5.82 Å². The molecule has 2 aromatic heterocycles. The predicted molar refractivity (Wildman–Crippen MR) is 71.5 cm³/mol. The summed E-state index contributed by atoms with van der Waals surface area (Å²) in [6.07, 6.45) is 1.78. The molecule has 0 unspecified atom stereocenters. The quantitative estimate of drug-likeness (QED) is 0.780. The van der Waals surface area contributed by atoms with Crippen molar-refractivity contribution in [1.82, 2.24) is 9.38 Å². The van der Waals surface area contributed by atoms with E-state index in [0.717, 1.165) is 5.56 Å². The Morgan fingerprint density at radius 3 is 2.63 bits per heavy atom. The fourth-order valence-corrected chi connectivity index (χ4v) is 2.28. The number of nitrogens with zero attached hydrogens (tertiary/aromatic N) is 2. The lowest BCUT2D eigenvalue weighted by Gasteiger charge is -2.01. The summed E-state index contributed by atoms with van der Waals surface area (Å²) in [5, 5.41) is 10.0. The van der Waals surface area contributed by atoms with Gasteiger partial charge in [-0.1, -0.05) is 11.6 Å². The van der Waals surface area contributed by atoms with Gasteiger partial charge in [0.05, 0.1) is 23.0 Å². The molecule has 1 aromatic carbocycles. The number of halogens is 2. The van der Waals surface area contributed by atoms with Crippen LogP contribution in [0.15, 0.2) is 42.6 Å². The Balaban J connectivity index is 2.29. The lowest BCUT2D eigenvalue weighted by molar-refractivity contribution is 0.276. The zero-order chi connectivity index (χ0) is 13.4. The summed E-state index contributed by atoms with van der Waals surface area (Å²) in [7, 11) is 0. The number of aliphatic hydroxyl groups excluding tert-OH is 1. The number of hydrogen-bond donors (Lipinski definition) is 1. The van der Waals surface area contributed by atoms with Crippen molar-refractivity contribution in [3.05, 3.63) is 59.1 Å². The number of aromatic nitrogens is 2. The van der Waals surface area contributed by atoms with Gasteiger partial charge in [-0.3, -0.25) is 4.40 Å². The average Bonchev–Trinajstić information content (AvgIpc) is 2.79. The number of imidazole rings is 1. The molecule has 2 heterocycles. The van der Waals surface area contributed by atoms with Crippen LogP contribution in [0.25, 0.3) is 16.9 Å². The Hall–Kier alpha value is -1.91. The lowest BCUT2D eigenvalue weighted by Crippen LogP contribution is -1.93. The van der Waals surface area contributed by atoms with Crippen LogP contribution in [-0.4, -0.2) is 14.5 Å². The Morgan fingerprint density at radius 2 is 1.95 bits per heavy atom. The van der Waals surface area contributed by atoms with Gasteiger partial charge in [0.15, 0.2) is 5.65 Å². The van der Waals surface area contributed by atoms with Crippen molar-refractivity contribution in [3.8, 4) is 11.3 Å². The highest BCUT2D eigenvalue weighted by Gasteiger charge is 2.14. The van der Waals surface area contributed by atoms with E-state index >= 15 is 0 Å². The fraction of sp³-hybridized carbons (Fsp3) is 0.0714. The maximum Gasteiger partial charge on any atom is 0.156 e. The molecule has 19 heavy (non-hydrogen) atoms. The summed E-state index contributed by atoms with van der Waals surface area (Å²) in [6.45, 7) is -0.172. The second-order valence-electron chi connectivity index (χ2n) is 4.12. The van der Waals surface area contributed by atoms with Crippen LogP contribution in [0.2, 0.25) is 5.02 Å². The highest BCUT2D eigenvalue weighted by Crippen LogP contribution is 2.27. The summed E-state index contributed by atoms with van der Waals surface area (Å²) in [4.78, 5) is 4.43. The van der Waals surface area contributed by atoms with E-state index in [1.807, 2.05) is 0 Å². The van der Waals surface area contributed by atoms with Crippen molar-refractivity contribution in [2.24, 2.45) is 0 Å². The van der Waals surface area contributed by atoms with Gasteiger partial charge >= 0.3 is 0 Å². The van der Waals surface area contributed by atoms with E-state index in [-0.39, 0.29) is 12.4 Å². The summed E-state index contributed by atoms with van der Waals surface area (Å²) >= 11 is 6.09. The summed E-state index contributed by atoms with van der Waals surface area (Å²) in [5.41, 5.74) is 2.55. The van der Waals surface area contributed by atoms with Crippen molar-refractivity contribution >= 4 is 17.2 Å². The van der Waals surface area contributed by atoms with E-state index in [9.17, 15) is 9.50 Å². The summed E-state index contributed by atoms with van der Waals surface area (Å²) in [5.74, 6) is -0.309. The molecule has 3 nitrogen and oxygen atoms in total. The van der Waals surface area contributed by atoms with E-state index in [0.29, 0.717) is 22.1 Å². The highest BCUT2D eigenvalue weighted by atomic mass is 35.5. The molecule has 0 radical (unpaired) electrons. The van der Waals surface area contributed by atoms with E-state index in [4.69, 9.17) is 11.6 Å². The Labute approximate surface area is 113 Å². The third kappa shape index (κ3) is 1.99. The first kappa shape index (κ1) is 12.1. The first-order valence-corrected chi connectivity index (χ1v) is 6.11. The van der Waals surface area contributed by atoms with Crippen LogP contribution in [-0.2, 0) is 6.61 Å². The lowest BCUT2D eigenvalue weighted by atomic mass is 10.1. The van der Waals surface area contributed by atoms with Crippen LogP contribution in [0.1, 0.15) is 5.69 Å². The molecule has 0 fully saturated rings. The van der Waals surface area contributed by atoms with E-state index < -0.39 is 0 Å². The summed E-state index contributed by atoms with van der Waals surface area (Å²) in [6, 6.07) is 9.50. The van der Waals surface area contributed by atoms with Gasteiger partial charge in [0.25, 0.3) is 0 Å². The Morgan fingerprint density at radius 1 is 1.21 bits per heavy atom. The normalized spacial score (nSPS) is 11.1. The van der Waals surface area contributed by atoms with Crippen LogP contribution in [0.3, 0.4) is 0 Å². The topological polar surface area (TPSA) is 37.5 Å². The molecule has 3 rings (SSSR count). The molecule has 96 valence electrons. The van der Waals surface area contributed by atoms with E-state index in [1.165, 1.54) is 12.1 Å². The number of fused-ring (bicyclic) bond motifs is 1. The van der Waals surface area contributed by atoms with Gasteiger partial charge in [0, 0.05) is 11.8 Å². The molecule has 3 aromatic rings. The van der Waals surface area contributed by atoms with E-state index in [2.05, 4.69) is 4.98 Å². The molecule has 0 spiro atoms. The Kier molecular flexibility index (Phi) is 2.97. The van der Waals surface area contributed by atoms with Crippen molar-refractivity contribution in [2.75, 3.05) is 0 Å². The molecular formula is C14H10ClFN2O. The minimum atomic E-state index is -0.309. The van der Waals surface area contributed by atoms with Crippen LogP contribution in [0.4, 0.5) is 4.39 Å². The van der Waals surface area contributed by atoms with Gasteiger partial charge in [0.2, 0.25) is 0 Å². The number of aliphatic hydroxyl groups is 1. The smallest absolute Gasteiger partial charge is 0.156 e. The molecule has 0 aliphatic rings. The second kappa shape index (κ2) is 4.64. The molecule has 0 saturated carbocycles. The zero-order valence-electron chi connectivity index (χ0n) is 9.85. The van der Waals surface area contributed by atoms with Gasteiger partial charge < -0.3 is 5.11 Å². The molecular weight excluding hydrogens is 267 g/mol. The monoisotopic (exact) mass is 276 g/mol. The number of hydrogen-bond acceptors (Lipinski definition) is 2. The van der Waals surface area contributed by atoms with Crippen LogP contribution >= 0.6 is 11.6 Å². The Bertz CT molecular complexity index is 737. The van der Waals surface area contributed by atoms with Crippen LogP contribution in [0.5, 0.6) is 0 Å². The summed E-state index contributed by atoms with van der Waals surface area (Å²) < 4.78 is 14.7. The predicted octanol–water partition coefficient (Wildman–Crippen LogP) is 3.29. The maximum absolute atomic E-state index is 13.0. The third-order valence-corrected chi connectivity index (χ3v) is 3.26. The second-order valence-corrected chi connectivity index (χ2v) is 4.53. The van der Waals surface area contributed by atoms with Crippen molar-refractivity contribution in [2.45, 2.75) is 6.61 Å². The maximum atomic E-state index is 13.0.